The van der Waals surface area contributed by atoms with Crippen molar-refractivity contribution < 1.29 is 13.6 Å². The summed E-state index contributed by atoms with van der Waals surface area (Å²) < 4.78 is 28.6. The molecule has 0 saturated carbocycles. The van der Waals surface area contributed by atoms with Crippen LogP contribution in [0.25, 0.3) is 0 Å². The van der Waals surface area contributed by atoms with Gasteiger partial charge in [0.05, 0.1) is 6.54 Å². The molecule has 0 atom stereocenters. The fourth-order valence-electron chi connectivity index (χ4n) is 3.07. The van der Waals surface area contributed by atoms with Crippen LogP contribution in [0.4, 0.5) is 19.3 Å². The smallest absolute Gasteiger partial charge is 0.322 e. The summed E-state index contributed by atoms with van der Waals surface area (Å²) in [6, 6.07) is 14.4. The number of benzene rings is 2. The molecule has 4 nitrogen and oxygen atoms in total. The minimum absolute atomic E-state index is 0.212. The maximum absolute atomic E-state index is 13.4. The highest BCUT2D eigenvalue weighted by Gasteiger charge is 2.16. The number of nitrogens with zero attached hydrogens (tertiary/aromatic N) is 2. The zero-order chi connectivity index (χ0) is 20.8. The molecular formula is C22H22ClF2N3O. The first-order valence-corrected chi connectivity index (χ1v) is 9.73. The second kappa shape index (κ2) is 9.56. The van der Waals surface area contributed by atoms with E-state index in [9.17, 15) is 13.6 Å². The molecule has 0 bridgehead atoms. The van der Waals surface area contributed by atoms with Gasteiger partial charge in [-0.2, -0.15) is 0 Å². The average molecular weight is 418 g/mol. The molecule has 0 fully saturated rings. The average Bonchev–Trinajstić information content (AvgIpc) is 3.11. The van der Waals surface area contributed by atoms with E-state index in [0.717, 1.165) is 29.8 Å². The number of carbonyl (C=O) groups is 1. The van der Waals surface area contributed by atoms with Gasteiger partial charge in [-0.05, 0) is 48.4 Å². The lowest BCUT2D eigenvalue weighted by Gasteiger charge is -2.23. The van der Waals surface area contributed by atoms with Crippen LogP contribution in [0.15, 0.2) is 60.8 Å². The topological polar surface area (TPSA) is 37.3 Å². The van der Waals surface area contributed by atoms with Crippen LogP contribution in [0, 0.1) is 11.6 Å². The van der Waals surface area contributed by atoms with Crippen molar-refractivity contribution in [2.24, 2.45) is 0 Å². The van der Waals surface area contributed by atoms with Gasteiger partial charge in [-0.1, -0.05) is 30.7 Å². The number of hydrogen-bond donors (Lipinski definition) is 1. The Bertz CT molecular complexity index is 990. The molecule has 2 aromatic carbocycles. The third-order valence-electron chi connectivity index (χ3n) is 4.47. The molecule has 3 aromatic rings. The number of urea groups is 1. The normalized spacial score (nSPS) is 10.8. The Kier molecular flexibility index (Phi) is 6.88. The minimum Gasteiger partial charge on any atom is -0.345 e. The summed E-state index contributed by atoms with van der Waals surface area (Å²) in [6.45, 7) is 3.52. The van der Waals surface area contributed by atoms with E-state index in [4.69, 9.17) is 11.6 Å². The van der Waals surface area contributed by atoms with E-state index in [1.165, 1.54) is 6.07 Å². The fraction of sp³-hybridized carbons (Fsp3) is 0.227. The van der Waals surface area contributed by atoms with Crippen LogP contribution in [0.2, 0.25) is 5.02 Å². The molecule has 0 unspecified atom stereocenters. The fourth-order valence-corrected chi connectivity index (χ4v) is 3.29. The van der Waals surface area contributed by atoms with Crippen molar-refractivity contribution in [3.8, 4) is 0 Å². The van der Waals surface area contributed by atoms with Crippen LogP contribution in [-0.4, -0.2) is 22.0 Å². The second-order valence-corrected chi connectivity index (χ2v) is 7.17. The Labute approximate surface area is 173 Å². The van der Waals surface area contributed by atoms with Gasteiger partial charge in [-0.25, -0.2) is 13.6 Å². The third kappa shape index (κ3) is 5.57. The van der Waals surface area contributed by atoms with E-state index in [0.29, 0.717) is 24.7 Å². The molecule has 0 aliphatic carbocycles. The predicted molar refractivity (Wildman–Crippen MR) is 111 cm³/mol. The number of carbonyl (C=O) groups excluding carboxylic acids is 1. The molecule has 152 valence electrons. The molecular weight excluding hydrogens is 396 g/mol. The van der Waals surface area contributed by atoms with Crippen molar-refractivity contribution in [1.82, 2.24) is 9.47 Å². The van der Waals surface area contributed by atoms with Gasteiger partial charge in [0.15, 0.2) is 11.6 Å². The summed E-state index contributed by atoms with van der Waals surface area (Å²) in [5.41, 5.74) is 2.23. The van der Waals surface area contributed by atoms with Crippen LogP contribution < -0.4 is 5.32 Å². The molecule has 3 rings (SSSR count). The van der Waals surface area contributed by atoms with Gasteiger partial charge < -0.3 is 14.8 Å². The molecule has 29 heavy (non-hydrogen) atoms. The number of aromatic nitrogens is 1. The highest BCUT2D eigenvalue weighted by atomic mass is 35.5. The lowest BCUT2D eigenvalue weighted by Crippen LogP contribution is -2.35. The third-order valence-corrected chi connectivity index (χ3v) is 4.71. The van der Waals surface area contributed by atoms with Crippen LogP contribution >= 0.6 is 11.6 Å². The maximum atomic E-state index is 13.4. The SMILES string of the molecule is CCCN(Cc1cccn1Cc1cccc(Cl)c1)C(=O)Nc1ccc(F)c(F)c1. The molecule has 1 heterocycles. The maximum Gasteiger partial charge on any atom is 0.322 e. The second-order valence-electron chi connectivity index (χ2n) is 6.74. The summed E-state index contributed by atoms with van der Waals surface area (Å²) in [5, 5.41) is 3.31. The first kappa shape index (κ1) is 20.9. The van der Waals surface area contributed by atoms with Gasteiger partial charge in [-0.15, -0.1) is 0 Å². The first-order valence-electron chi connectivity index (χ1n) is 9.35. The van der Waals surface area contributed by atoms with E-state index < -0.39 is 11.6 Å². The Hall–Kier alpha value is -2.86. The van der Waals surface area contributed by atoms with Crippen molar-refractivity contribution in [3.05, 3.63) is 88.7 Å². The van der Waals surface area contributed by atoms with Gasteiger partial charge in [-0.3, -0.25) is 0 Å². The number of anilines is 1. The summed E-state index contributed by atoms with van der Waals surface area (Å²) in [6.07, 6.45) is 2.72. The zero-order valence-corrected chi connectivity index (χ0v) is 16.8. The van der Waals surface area contributed by atoms with Gasteiger partial charge in [0.1, 0.15) is 0 Å². The lowest BCUT2D eigenvalue weighted by molar-refractivity contribution is 0.208. The number of halogens is 3. The van der Waals surface area contributed by atoms with Crippen LogP contribution in [-0.2, 0) is 13.1 Å². The van der Waals surface area contributed by atoms with Crippen molar-refractivity contribution in [3.63, 3.8) is 0 Å². The van der Waals surface area contributed by atoms with Gasteiger partial charge in [0.2, 0.25) is 0 Å². The quantitative estimate of drug-likeness (QED) is 0.509. The Morgan fingerprint density at radius 2 is 1.93 bits per heavy atom. The molecule has 0 aliphatic rings. The van der Waals surface area contributed by atoms with Gasteiger partial charge >= 0.3 is 6.03 Å². The Morgan fingerprint density at radius 3 is 2.66 bits per heavy atom. The van der Waals surface area contributed by atoms with E-state index >= 15 is 0 Å². The summed E-state index contributed by atoms with van der Waals surface area (Å²) in [4.78, 5) is 14.4. The molecule has 1 N–H and O–H groups in total. The van der Waals surface area contributed by atoms with Gasteiger partial charge in [0.25, 0.3) is 0 Å². The number of hydrogen-bond acceptors (Lipinski definition) is 1. The number of rotatable bonds is 7. The molecule has 7 heteroatoms. The Morgan fingerprint density at radius 1 is 1.10 bits per heavy atom. The molecule has 0 spiro atoms. The molecule has 2 amide bonds. The van der Waals surface area contributed by atoms with Crippen LogP contribution in [0.3, 0.4) is 0 Å². The monoisotopic (exact) mass is 417 g/mol. The standard InChI is InChI=1S/C22H22ClF2N3O/c1-2-10-28(22(29)26-18-8-9-20(24)21(25)13-18)15-19-7-4-11-27(19)14-16-5-3-6-17(23)12-16/h3-9,11-13H,2,10,14-15H2,1H3,(H,26,29). The van der Waals surface area contributed by atoms with Crippen LogP contribution in [0.5, 0.6) is 0 Å². The van der Waals surface area contributed by atoms with E-state index in [-0.39, 0.29) is 11.7 Å². The van der Waals surface area contributed by atoms with Gasteiger partial charge in [0, 0.05) is 41.8 Å². The molecule has 0 radical (unpaired) electrons. The highest BCUT2D eigenvalue weighted by Crippen LogP contribution is 2.17. The van der Waals surface area contributed by atoms with Crippen LogP contribution in [0.1, 0.15) is 24.6 Å². The lowest BCUT2D eigenvalue weighted by atomic mass is 10.2. The van der Waals surface area contributed by atoms with Crippen molar-refractivity contribution in [2.75, 3.05) is 11.9 Å². The molecule has 1 aromatic heterocycles. The highest BCUT2D eigenvalue weighted by molar-refractivity contribution is 6.30. The largest absolute Gasteiger partial charge is 0.345 e. The van der Waals surface area contributed by atoms with Crippen molar-refractivity contribution in [1.29, 1.82) is 0 Å². The van der Waals surface area contributed by atoms with Crippen molar-refractivity contribution in [2.45, 2.75) is 26.4 Å². The summed E-state index contributed by atoms with van der Waals surface area (Å²) in [7, 11) is 0. The van der Waals surface area contributed by atoms with E-state index in [1.807, 2.05) is 49.5 Å². The Balaban J connectivity index is 1.72. The molecule has 0 aliphatic heterocycles. The zero-order valence-electron chi connectivity index (χ0n) is 16.0. The first-order chi connectivity index (χ1) is 14.0. The van der Waals surface area contributed by atoms with Crippen molar-refractivity contribution >= 4 is 23.3 Å². The number of nitrogens with one attached hydrogen (secondary N) is 1. The molecule has 0 saturated heterocycles. The number of amides is 2. The summed E-state index contributed by atoms with van der Waals surface area (Å²) >= 11 is 6.07. The summed E-state index contributed by atoms with van der Waals surface area (Å²) in [5.74, 6) is -1.95. The van der Waals surface area contributed by atoms with E-state index in [1.54, 1.807) is 4.90 Å². The predicted octanol–water partition coefficient (Wildman–Crippen LogP) is 5.91. The van der Waals surface area contributed by atoms with E-state index in [2.05, 4.69) is 9.88 Å². The minimum atomic E-state index is -1.000.